The monoisotopic (exact) mass is 400 g/mol. The second kappa shape index (κ2) is 7.27. The molecule has 0 aliphatic carbocycles. The molecule has 1 aliphatic rings. The van der Waals surface area contributed by atoms with E-state index >= 15 is 0 Å². The van der Waals surface area contributed by atoms with Gasteiger partial charge in [0.2, 0.25) is 11.8 Å². The third-order valence-electron chi connectivity index (χ3n) is 4.91. The summed E-state index contributed by atoms with van der Waals surface area (Å²) in [6, 6.07) is 9.51. The molecule has 0 radical (unpaired) electrons. The Morgan fingerprint density at radius 1 is 1.32 bits per heavy atom. The maximum Gasteiger partial charge on any atom is 0.266 e. The fourth-order valence-electron chi connectivity index (χ4n) is 3.49. The van der Waals surface area contributed by atoms with Gasteiger partial charge in [0.05, 0.1) is 17.7 Å². The summed E-state index contributed by atoms with van der Waals surface area (Å²) in [5.41, 5.74) is 2.24. The van der Waals surface area contributed by atoms with E-state index in [1.165, 1.54) is 0 Å². The van der Waals surface area contributed by atoms with Crippen molar-refractivity contribution in [1.82, 2.24) is 25.7 Å². The second-order valence-electron chi connectivity index (χ2n) is 7.28. The van der Waals surface area contributed by atoms with Crippen LogP contribution in [0.2, 0.25) is 5.02 Å². The zero-order valence-corrected chi connectivity index (χ0v) is 16.5. The van der Waals surface area contributed by atoms with Crippen LogP contribution in [0.25, 0.3) is 0 Å². The first-order valence-corrected chi connectivity index (χ1v) is 9.40. The fraction of sp³-hybridized carbons (Fsp3) is 0.368. The Balaban J connectivity index is 1.49. The summed E-state index contributed by atoms with van der Waals surface area (Å²) < 4.78 is 5.06. The second-order valence-corrected chi connectivity index (χ2v) is 7.71. The molecule has 0 atom stereocenters. The molecule has 1 amide bonds. The van der Waals surface area contributed by atoms with Gasteiger partial charge < -0.3 is 14.7 Å². The molecule has 0 bridgehead atoms. The number of aryl methyl sites for hydroxylation is 2. The minimum atomic E-state index is -0.576. The van der Waals surface area contributed by atoms with E-state index in [9.17, 15) is 4.79 Å². The van der Waals surface area contributed by atoms with Crippen molar-refractivity contribution in [2.24, 2.45) is 5.41 Å². The number of aromatic amines is 1. The molecular weight excluding hydrogens is 380 g/mol. The predicted octanol–water partition coefficient (Wildman–Crippen LogP) is 2.43. The maximum atomic E-state index is 13.1. The Morgan fingerprint density at radius 3 is 2.68 bits per heavy atom. The quantitative estimate of drug-likeness (QED) is 0.659. The average Bonchev–Trinajstić information content (AvgIpc) is 3.25. The van der Waals surface area contributed by atoms with Crippen LogP contribution < -0.4 is 10.2 Å². The lowest BCUT2D eigenvalue weighted by Gasteiger charge is -2.48. The number of hydrogen-bond acceptors (Lipinski definition) is 6. The zero-order chi connectivity index (χ0) is 19.7. The summed E-state index contributed by atoms with van der Waals surface area (Å²) in [5, 5.41) is 14.7. The lowest BCUT2D eigenvalue weighted by Crippen LogP contribution is -2.64. The molecule has 2 aromatic heterocycles. The van der Waals surface area contributed by atoms with Crippen LogP contribution in [-0.2, 0) is 17.8 Å². The number of halogens is 1. The number of hydrogen-bond donors (Lipinski definition) is 2. The Bertz CT molecular complexity index is 974. The molecule has 8 nitrogen and oxygen atoms in total. The lowest BCUT2D eigenvalue weighted by atomic mass is 9.74. The lowest BCUT2D eigenvalue weighted by molar-refractivity contribution is -0.132. The highest BCUT2D eigenvalue weighted by atomic mass is 35.5. The summed E-state index contributed by atoms with van der Waals surface area (Å²) in [5.74, 6) is 1.00. The Kier molecular flexibility index (Phi) is 4.80. The smallest absolute Gasteiger partial charge is 0.266 e. The number of rotatable bonds is 6. The molecule has 0 spiro atoms. The van der Waals surface area contributed by atoms with Crippen molar-refractivity contribution in [2.75, 3.05) is 18.0 Å². The van der Waals surface area contributed by atoms with Gasteiger partial charge in [-0.1, -0.05) is 23.7 Å². The van der Waals surface area contributed by atoms with Crippen molar-refractivity contribution in [3.05, 3.63) is 58.2 Å². The van der Waals surface area contributed by atoms with Crippen molar-refractivity contribution >= 4 is 23.5 Å². The average molecular weight is 401 g/mol. The number of nitrogens with one attached hydrogen (secondary N) is 2. The highest BCUT2D eigenvalue weighted by molar-refractivity contribution is 6.30. The van der Waals surface area contributed by atoms with Gasteiger partial charge in [-0.3, -0.25) is 9.89 Å². The van der Waals surface area contributed by atoms with Crippen LogP contribution in [0.15, 0.2) is 34.9 Å². The molecule has 9 heteroatoms. The molecule has 3 aromatic rings. The van der Waals surface area contributed by atoms with Crippen LogP contribution >= 0.6 is 11.6 Å². The van der Waals surface area contributed by atoms with Gasteiger partial charge in [0.15, 0.2) is 0 Å². The van der Waals surface area contributed by atoms with E-state index in [-0.39, 0.29) is 5.91 Å². The molecule has 1 saturated heterocycles. The van der Waals surface area contributed by atoms with Crippen molar-refractivity contribution in [3.63, 3.8) is 0 Å². The number of carbonyl (C=O) groups is 1. The predicted molar refractivity (Wildman–Crippen MR) is 104 cm³/mol. The van der Waals surface area contributed by atoms with Gasteiger partial charge >= 0.3 is 0 Å². The van der Waals surface area contributed by atoms with Crippen molar-refractivity contribution in [2.45, 2.75) is 26.8 Å². The van der Waals surface area contributed by atoms with E-state index in [1.807, 2.05) is 42.2 Å². The van der Waals surface area contributed by atoms with Crippen LogP contribution in [0.5, 0.6) is 0 Å². The molecule has 28 heavy (non-hydrogen) atoms. The highest BCUT2D eigenvalue weighted by Gasteiger charge is 2.50. The molecule has 3 heterocycles. The molecule has 1 fully saturated rings. The Labute approximate surface area is 167 Å². The summed E-state index contributed by atoms with van der Waals surface area (Å²) in [6.45, 7) is 5.08. The van der Waals surface area contributed by atoms with Crippen LogP contribution in [0.3, 0.4) is 0 Å². The van der Waals surface area contributed by atoms with Gasteiger partial charge in [0, 0.05) is 30.7 Å². The third kappa shape index (κ3) is 3.73. The number of benzene rings is 1. The summed E-state index contributed by atoms with van der Waals surface area (Å²) in [7, 11) is 0. The zero-order valence-electron chi connectivity index (χ0n) is 15.7. The van der Waals surface area contributed by atoms with Gasteiger partial charge in [-0.2, -0.15) is 10.1 Å². The number of carbonyl (C=O) groups excluding carboxylic acids is 1. The molecule has 0 saturated carbocycles. The van der Waals surface area contributed by atoms with Crippen LogP contribution in [-0.4, -0.2) is 39.3 Å². The molecule has 146 valence electrons. The van der Waals surface area contributed by atoms with Crippen molar-refractivity contribution in [3.8, 4) is 0 Å². The molecule has 1 aliphatic heterocycles. The minimum Gasteiger partial charge on any atom is -0.350 e. The fourth-order valence-corrected chi connectivity index (χ4v) is 3.62. The van der Waals surface area contributed by atoms with Crippen molar-refractivity contribution < 1.29 is 9.32 Å². The third-order valence-corrected chi connectivity index (χ3v) is 5.17. The van der Waals surface area contributed by atoms with Crippen LogP contribution in [0.1, 0.15) is 22.8 Å². The first-order valence-electron chi connectivity index (χ1n) is 9.02. The van der Waals surface area contributed by atoms with Crippen LogP contribution in [0, 0.1) is 19.3 Å². The summed E-state index contributed by atoms with van der Waals surface area (Å²) in [4.78, 5) is 19.3. The van der Waals surface area contributed by atoms with E-state index in [0.717, 1.165) is 17.0 Å². The van der Waals surface area contributed by atoms with E-state index in [1.54, 1.807) is 6.92 Å². The van der Waals surface area contributed by atoms with Gasteiger partial charge in [-0.25, -0.2) is 0 Å². The number of anilines is 1. The van der Waals surface area contributed by atoms with Crippen LogP contribution in [0.4, 0.5) is 5.95 Å². The molecule has 0 unspecified atom stereocenters. The van der Waals surface area contributed by atoms with E-state index in [0.29, 0.717) is 42.9 Å². The maximum absolute atomic E-state index is 13.1. The standard InChI is InChI=1S/C19H21ClN6O2/c1-12-7-16(24-23-12)9-21-17(27)19(8-14-3-5-15(20)6-4-14)10-26(11-19)18-22-13(2)28-25-18/h3-7H,8-11H2,1-2H3,(H,21,27)(H,23,24). The number of H-pyrrole nitrogens is 1. The first kappa shape index (κ1) is 18.5. The van der Waals surface area contributed by atoms with E-state index in [4.69, 9.17) is 16.1 Å². The SMILES string of the molecule is Cc1cc(CNC(=O)C2(Cc3ccc(Cl)cc3)CN(c3noc(C)n3)C2)n[nH]1. The molecule has 2 N–H and O–H groups in total. The normalized spacial score (nSPS) is 15.3. The summed E-state index contributed by atoms with van der Waals surface area (Å²) >= 11 is 5.99. The molecular formula is C19H21ClN6O2. The topological polar surface area (TPSA) is 99.9 Å². The first-order chi connectivity index (χ1) is 13.4. The number of amides is 1. The Hall–Kier alpha value is -2.87. The largest absolute Gasteiger partial charge is 0.350 e. The summed E-state index contributed by atoms with van der Waals surface area (Å²) in [6.07, 6.45) is 0.600. The van der Waals surface area contributed by atoms with E-state index < -0.39 is 5.41 Å². The Morgan fingerprint density at radius 2 is 2.07 bits per heavy atom. The number of nitrogens with zero attached hydrogens (tertiary/aromatic N) is 4. The van der Waals surface area contributed by atoms with Gasteiger partial charge in [0.25, 0.3) is 5.95 Å². The van der Waals surface area contributed by atoms with Crippen molar-refractivity contribution in [1.29, 1.82) is 0 Å². The minimum absolute atomic E-state index is 0.0143. The number of aromatic nitrogens is 4. The van der Waals surface area contributed by atoms with Gasteiger partial charge in [0.1, 0.15) is 0 Å². The van der Waals surface area contributed by atoms with Gasteiger partial charge in [-0.05, 0) is 42.3 Å². The molecule has 4 rings (SSSR count). The highest BCUT2D eigenvalue weighted by Crippen LogP contribution is 2.37. The van der Waals surface area contributed by atoms with Gasteiger partial charge in [-0.15, -0.1) is 0 Å². The van der Waals surface area contributed by atoms with E-state index in [2.05, 4.69) is 25.7 Å². The molecule has 1 aromatic carbocycles.